The van der Waals surface area contributed by atoms with Gasteiger partial charge in [0.25, 0.3) is 5.91 Å². The number of hydrogen-bond acceptors (Lipinski definition) is 6. The second kappa shape index (κ2) is 7.75. The van der Waals surface area contributed by atoms with Crippen molar-refractivity contribution in [2.45, 2.75) is 18.6 Å². The smallest absolute Gasteiger partial charge is 0.251 e. The molecule has 1 fully saturated rings. The maximum absolute atomic E-state index is 12.2. The molecule has 0 bridgehead atoms. The van der Waals surface area contributed by atoms with Crippen molar-refractivity contribution >= 4 is 35.2 Å². The number of nitrogens with two attached hydrogens (primary N) is 1. The Morgan fingerprint density at radius 3 is 3.00 bits per heavy atom. The summed E-state index contributed by atoms with van der Waals surface area (Å²) < 4.78 is 0. The topological polar surface area (TPSA) is 80.0 Å². The molecule has 1 amide bonds. The van der Waals surface area contributed by atoms with Gasteiger partial charge < -0.3 is 10.7 Å². The highest BCUT2D eigenvalue weighted by atomic mass is 32.2. The number of pyridine rings is 1. The van der Waals surface area contributed by atoms with E-state index in [0.29, 0.717) is 23.2 Å². The third-order valence-electron chi connectivity index (χ3n) is 3.03. The Labute approximate surface area is 127 Å². The number of hydrogen-bond donors (Lipinski definition) is 3. The Morgan fingerprint density at radius 2 is 2.35 bits per heavy atom. The second-order valence-electron chi connectivity index (χ2n) is 4.51. The molecule has 1 aromatic rings. The lowest BCUT2D eigenvalue weighted by atomic mass is 10.2. The van der Waals surface area contributed by atoms with Crippen LogP contribution in [0.2, 0.25) is 0 Å². The molecule has 4 N–H and O–H groups in total. The zero-order valence-corrected chi connectivity index (χ0v) is 13.1. The molecule has 2 rings (SSSR count). The first-order chi connectivity index (χ1) is 9.72. The van der Waals surface area contributed by atoms with Crippen molar-refractivity contribution in [3.8, 4) is 0 Å². The Kier molecular flexibility index (Phi) is 6.00. The maximum Gasteiger partial charge on any atom is 0.251 e. The molecule has 1 saturated heterocycles. The summed E-state index contributed by atoms with van der Waals surface area (Å²) in [6, 6.07) is 3.50. The lowest BCUT2D eigenvalue weighted by molar-refractivity contribution is 0.0954. The van der Waals surface area contributed by atoms with E-state index in [1.54, 1.807) is 6.07 Å². The third-order valence-corrected chi connectivity index (χ3v) is 5.87. The molecule has 0 radical (unpaired) electrons. The number of thioether (sulfide) groups is 2. The molecular weight excluding hydrogens is 292 g/mol. The SMILES string of the molecule is CCc1cc(C(=O)NCC2CSCCS2)cc(NN)n1. The van der Waals surface area contributed by atoms with E-state index in [1.165, 1.54) is 11.5 Å². The fourth-order valence-electron chi connectivity index (χ4n) is 1.94. The monoisotopic (exact) mass is 312 g/mol. The van der Waals surface area contributed by atoms with Crippen molar-refractivity contribution in [2.24, 2.45) is 5.84 Å². The molecule has 0 aliphatic carbocycles. The van der Waals surface area contributed by atoms with Crippen molar-refractivity contribution < 1.29 is 4.79 Å². The van der Waals surface area contributed by atoms with Crippen LogP contribution in [0, 0.1) is 0 Å². The van der Waals surface area contributed by atoms with Crippen LogP contribution in [0.3, 0.4) is 0 Å². The van der Waals surface area contributed by atoms with Crippen LogP contribution in [0.25, 0.3) is 0 Å². The number of carbonyl (C=O) groups excluding carboxylic acids is 1. The average molecular weight is 312 g/mol. The molecule has 110 valence electrons. The second-order valence-corrected chi connectivity index (χ2v) is 7.07. The zero-order valence-electron chi connectivity index (χ0n) is 11.5. The molecule has 20 heavy (non-hydrogen) atoms. The summed E-state index contributed by atoms with van der Waals surface area (Å²) in [6.07, 6.45) is 0.769. The molecule has 1 unspecified atom stereocenters. The van der Waals surface area contributed by atoms with E-state index < -0.39 is 0 Å². The number of rotatable bonds is 5. The molecular formula is C13H20N4OS2. The maximum atomic E-state index is 12.2. The number of anilines is 1. The number of nitrogens with one attached hydrogen (secondary N) is 2. The highest BCUT2D eigenvalue weighted by Gasteiger charge is 2.16. The molecule has 1 aliphatic heterocycles. The van der Waals surface area contributed by atoms with Crippen molar-refractivity contribution in [1.29, 1.82) is 0 Å². The first-order valence-electron chi connectivity index (χ1n) is 6.68. The Bertz CT molecular complexity index is 441. The fraction of sp³-hybridized carbons (Fsp3) is 0.538. The van der Waals surface area contributed by atoms with Crippen LogP contribution in [0.1, 0.15) is 23.0 Å². The van der Waals surface area contributed by atoms with Crippen LogP contribution in [0.4, 0.5) is 5.82 Å². The predicted molar refractivity (Wildman–Crippen MR) is 87.3 cm³/mol. The van der Waals surface area contributed by atoms with Gasteiger partial charge in [0.05, 0.1) is 0 Å². The van der Waals surface area contributed by atoms with Crippen molar-refractivity contribution in [2.75, 3.05) is 29.2 Å². The summed E-state index contributed by atoms with van der Waals surface area (Å²) in [5, 5.41) is 3.51. The van der Waals surface area contributed by atoms with Gasteiger partial charge in [-0.05, 0) is 18.6 Å². The number of nitrogen functional groups attached to an aromatic ring is 1. The molecule has 0 spiro atoms. The van der Waals surface area contributed by atoms with Gasteiger partial charge in [-0.15, -0.1) is 0 Å². The predicted octanol–water partition coefficient (Wildman–Crippen LogP) is 1.51. The lowest BCUT2D eigenvalue weighted by Gasteiger charge is -2.21. The Balaban J connectivity index is 1.97. The van der Waals surface area contributed by atoms with E-state index in [9.17, 15) is 4.79 Å². The van der Waals surface area contributed by atoms with Crippen LogP contribution >= 0.6 is 23.5 Å². The average Bonchev–Trinajstić information content (AvgIpc) is 2.52. The van der Waals surface area contributed by atoms with Crippen LogP contribution in [-0.4, -0.2) is 39.9 Å². The minimum absolute atomic E-state index is 0.0604. The Hall–Kier alpha value is -0.920. The van der Waals surface area contributed by atoms with Crippen LogP contribution < -0.4 is 16.6 Å². The first-order valence-corrected chi connectivity index (χ1v) is 8.88. The summed E-state index contributed by atoms with van der Waals surface area (Å²) in [6.45, 7) is 2.71. The number of aromatic nitrogens is 1. The molecule has 5 nitrogen and oxygen atoms in total. The van der Waals surface area contributed by atoms with Gasteiger partial charge in [0, 0.05) is 40.3 Å². The van der Waals surface area contributed by atoms with Crippen LogP contribution in [0.15, 0.2) is 12.1 Å². The van der Waals surface area contributed by atoms with Gasteiger partial charge in [0.15, 0.2) is 0 Å². The van der Waals surface area contributed by atoms with Gasteiger partial charge in [-0.1, -0.05) is 6.92 Å². The van der Waals surface area contributed by atoms with Gasteiger partial charge >= 0.3 is 0 Å². The normalized spacial score (nSPS) is 18.6. The summed E-state index contributed by atoms with van der Waals surface area (Å²) in [5.41, 5.74) is 3.97. The van der Waals surface area contributed by atoms with Gasteiger partial charge in [0.2, 0.25) is 0 Å². The van der Waals surface area contributed by atoms with Crippen molar-refractivity contribution in [3.63, 3.8) is 0 Å². The number of carbonyl (C=O) groups is 1. The number of hydrazine groups is 1. The lowest BCUT2D eigenvalue weighted by Crippen LogP contribution is -2.33. The number of amides is 1. The summed E-state index contributed by atoms with van der Waals surface area (Å²) >= 11 is 3.89. The highest BCUT2D eigenvalue weighted by Crippen LogP contribution is 2.23. The van der Waals surface area contributed by atoms with E-state index in [-0.39, 0.29) is 5.91 Å². The van der Waals surface area contributed by atoms with E-state index in [4.69, 9.17) is 5.84 Å². The fourth-order valence-corrected chi connectivity index (χ4v) is 4.55. The minimum atomic E-state index is -0.0604. The first kappa shape index (κ1) is 15.5. The van der Waals surface area contributed by atoms with E-state index in [0.717, 1.165) is 17.9 Å². The van der Waals surface area contributed by atoms with Crippen LogP contribution in [0.5, 0.6) is 0 Å². The molecule has 7 heteroatoms. The number of nitrogens with zero attached hydrogens (tertiary/aromatic N) is 1. The number of aryl methyl sites for hydroxylation is 1. The summed E-state index contributed by atoms with van der Waals surface area (Å²) in [7, 11) is 0. The van der Waals surface area contributed by atoms with Gasteiger partial charge in [-0.3, -0.25) is 4.79 Å². The summed E-state index contributed by atoms with van der Waals surface area (Å²) in [5.74, 6) is 9.34. The van der Waals surface area contributed by atoms with E-state index in [2.05, 4.69) is 15.7 Å². The standard InChI is InChI=1S/C13H20N4OS2/c1-2-10-5-9(6-12(16-10)17-14)13(18)15-7-11-8-19-3-4-20-11/h5-6,11H,2-4,7-8,14H2,1H3,(H,15,18)(H,16,17). The third kappa shape index (κ3) is 4.29. The largest absolute Gasteiger partial charge is 0.351 e. The molecule has 1 aliphatic rings. The van der Waals surface area contributed by atoms with Gasteiger partial charge in [-0.25, -0.2) is 10.8 Å². The van der Waals surface area contributed by atoms with Gasteiger partial charge in [0.1, 0.15) is 5.82 Å². The quantitative estimate of drug-likeness (QED) is 0.565. The van der Waals surface area contributed by atoms with E-state index >= 15 is 0 Å². The molecule has 2 heterocycles. The molecule has 1 aromatic heterocycles. The molecule has 0 saturated carbocycles. The van der Waals surface area contributed by atoms with Gasteiger partial charge in [-0.2, -0.15) is 23.5 Å². The van der Waals surface area contributed by atoms with Crippen molar-refractivity contribution in [3.05, 3.63) is 23.4 Å². The van der Waals surface area contributed by atoms with Crippen molar-refractivity contribution in [1.82, 2.24) is 10.3 Å². The molecule has 1 atom stereocenters. The molecule has 0 aromatic carbocycles. The van der Waals surface area contributed by atoms with E-state index in [1.807, 2.05) is 36.5 Å². The highest BCUT2D eigenvalue weighted by molar-refractivity contribution is 8.06. The van der Waals surface area contributed by atoms with Crippen LogP contribution in [-0.2, 0) is 6.42 Å². The minimum Gasteiger partial charge on any atom is -0.351 e. The Morgan fingerprint density at radius 1 is 1.50 bits per heavy atom. The zero-order chi connectivity index (χ0) is 14.4. The summed E-state index contributed by atoms with van der Waals surface area (Å²) in [4.78, 5) is 16.5.